The quantitative estimate of drug-likeness (QED) is 0.879. The lowest BCUT2D eigenvalue weighted by Crippen LogP contribution is -2.52. The van der Waals surface area contributed by atoms with Crippen LogP contribution in [0.2, 0.25) is 0 Å². The number of carbonyl (C=O) groups is 1. The summed E-state index contributed by atoms with van der Waals surface area (Å²) in [5.74, 6) is -2.09. The van der Waals surface area contributed by atoms with E-state index in [1.165, 1.54) is 36.4 Å². The standard InChI is InChI=1S/C19H19F2NO2/c1-22-11-10-19(24,15-4-2-3-5-17(15)21)16(12-22)18(23)13-6-8-14(20)9-7-13/h2-9,16,24H,10-12H2,1H3. The number of Topliss-reactive ketones (excluding diaryl/α,β-unsaturated/α-hetero) is 1. The van der Waals surface area contributed by atoms with Gasteiger partial charge in [-0.25, -0.2) is 8.78 Å². The Labute approximate surface area is 139 Å². The fourth-order valence-corrected chi connectivity index (χ4v) is 3.34. The van der Waals surface area contributed by atoms with E-state index in [2.05, 4.69) is 0 Å². The van der Waals surface area contributed by atoms with Gasteiger partial charge in [0.25, 0.3) is 0 Å². The van der Waals surface area contributed by atoms with E-state index in [0.29, 0.717) is 18.7 Å². The molecule has 1 N–H and O–H groups in total. The largest absolute Gasteiger partial charge is 0.384 e. The lowest BCUT2D eigenvalue weighted by atomic mass is 9.72. The Balaban J connectivity index is 2.02. The summed E-state index contributed by atoms with van der Waals surface area (Å²) in [7, 11) is 1.85. The molecule has 1 aliphatic heterocycles. The van der Waals surface area contributed by atoms with E-state index in [1.54, 1.807) is 12.1 Å². The molecule has 0 radical (unpaired) electrons. The van der Waals surface area contributed by atoms with Crippen molar-refractivity contribution < 1.29 is 18.7 Å². The van der Waals surface area contributed by atoms with E-state index in [4.69, 9.17) is 0 Å². The summed E-state index contributed by atoms with van der Waals surface area (Å²) in [6.45, 7) is 0.860. The van der Waals surface area contributed by atoms with Crippen LogP contribution in [0.15, 0.2) is 48.5 Å². The second-order valence-electron chi connectivity index (χ2n) is 6.34. The molecule has 1 saturated heterocycles. The van der Waals surface area contributed by atoms with Gasteiger partial charge in [0.15, 0.2) is 5.78 Å². The second-order valence-corrected chi connectivity index (χ2v) is 6.34. The van der Waals surface area contributed by atoms with Crippen LogP contribution in [0, 0.1) is 17.6 Å². The molecule has 0 spiro atoms. The molecule has 0 bridgehead atoms. The van der Waals surface area contributed by atoms with Crippen molar-refractivity contribution in [2.75, 3.05) is 20.1 Å². The van der Waals surface area contributed by atoms with E-state index in [9.17, 15) is 18.7 Å². The Morgan fingerprint density at radius 1 is 1.17 bits per heavy atom. The lowest BCUT2D eigenvalue weighted by molar-refractivity contribution is -0.0615. The first-order valence-corrected chi connectivity index (χ1v) is 7.87. The predicted octanol–water partition coefficient (Wildman–Crippen LogP) is 2.99. The summed E-state index contributed by atoms with van der Waals surface area (Å²) in [5, 5.41) is 11.2. The number of carbonyl (C=O) groups excluding carboxylic acids is 1. The van der Waals surface area contributed by atoms with Crippen molar-refractivity contribution in [1.82, 2.24) is 4.90 Å². The smallest absolute Gasteiger partial charge is 0.170 e. The molecule has 1 aliphatic rings. The molecule has 24 heavy (non-hydrogen) atoms. The van der Waals surface area contributed by atoms with Crippen LogP contribution in [0.4, 0.5) is 8.78 Å². The van der Waals surface area contributed by atoms with Gasteiger partial charge in [-0.2, -0.15) is 0 Å². The number of rotatable bonds is 3. The third-order valence-corrected chi connectivity index (χ3v) is 4.73. The van der Waals surface area contributed by atoms with Gasteiger partial charge in [-0.15, -0.1) is 0 Å². The lowest BCUT2D eigenvalue weighted by Gasteiger charge is -2.43. The number of nitrogens with zero attached hydrogens (tertiary/aromatic N) is 1. The maximum absolute atomic E-state index is 14.3. The minimum absolute atomic E-state index is 0.138. The number of ketones is 1. The number of halogens is 2. The normalized spacial score (nSPS) is 24.8. The fourth-order valence-electron chi connectivity index (χ4n) is 3.34. The number of benzene rings is 2. The molecule has 2 unspecified atom stereocenters. The minimum Gasteiger partial charge on any atom is -0.384 e. The van der Waals surface area contributed by atoms with Crippen LogP contribution in [0.3, 0.4) is 0 Å². The first-order chi connectivity index (χ1) is 11.4. The highest BCUT2D eigenvalue weighted by Gasteiger charge is 2.47. The van der Waals surface area contributed by atoms with Crippen molar-refractivity contribution in [1.29, 1.82) is 0 Å². The van der Waals surface area contributed by atoms with Crippen LogP contribution in [0.5, 0.6) is 0 Å². The van der Waals surface area contributed by atoms with Gasteiger partial charge in [0, 0.05) is 24.2 Å². The highest BCUT2D eigenvalue weighted by molar-refractivity contribution is 5.99. The van der Waals surface area contributed by atoms with Gasteiger partial charge in [-0.3, -0.25) is 4.79 Å². The minimum atomic E-state index is -1.58. The molecule has 0 aromatic heterocycles. The van der Waals surface area contributed by atoms with Crippen molar-refractivity contribution in [3.8, 4) is 0 Å². The van der Waals surface area contributed by atoms with E-state index in [1.807, 2.05) is 11.9 Å². The third kappa shape index (κ3) is 2.97. The molecule has 2 atom stereocenters. The van der Waals surface area contributed by atoms with Crippen LogP contribution in [0.1, 0.15) is 22.3 Å². The molecule has 0 aliphatic carbocycles. The zero-order chi connectivity index (χ0) is 17.3. The van der Waals surface area contributed by atoms with Crippen LogP contribution in [-0.2, 0) is 5.60 Å². The van der Waals surface area contributed by atoms with Gasteiger partial charge >= 0.3 is 0 Å². The number of piperidine rings is 1. The zero-order valence-corrected chi connectivity index (χ0v) is 13.4. The Morgan fingerprint density at radius 2 is 1.83 bits per heavy atom. The molecular formula is C19H19F2NO2. The Bertz CT molecular complexity index is 747. The maximum Gasteiger partial charge on any atom is 0.170 e. The monoisotopic (exact) mass is 331 g/mol. The summed E-state index contributed by atoms with van der Waals surface area (Å²) in [6.07, 6.45) is 0.252. The van der Waals surface area contributed by atoms with Crippen LogP contribution in [0.25, 0.3) is 0 Å². The molecule has 5 heteroatoms. The molecule has 126 valence electrons. The molecule has 3 rings (SSSR count). The molecule has 0 saturated carbocycles. The van der Waals surface area contributed by atoms with E-state index in [-0.39, 0.29) is 17.8 Å². The van der Waals surface area contributed by atoms with E-state index >= 15 is 0 Å². The van der Waals surface area contributed by atoms with Crippen molar-refractivity contribution >= 4 is 5.78 Å². The van der Waals surface area contributed by atoms with Crippen molar-refractivity contribution in [2.45, 2.75) is 12.0 Å². The van der Waals surface area contributed by atoms with Gasteiger partial charge in [0.1, 0.15) is 17.2 Å². The zero-order valence-electron chi connectivity index (χ0n) is 13.4. The van der Waals surface area contributed by atoms with Crippen molar-refractivity contribution in [3.63, 3.8) is 0 Å². The van der Waals surface area contributed by atoms with Gasteiger partial charge < -0.3 is 10.0 Å². The molecular weight excluding hydrogens is 312 g/mol. The average Bonchev–Trinajstić information content (AvgIpc) is 2.57. The Kier molecular flexibility index (Phi) is 4.47. The summed E-state index contributed by atoms with van der Waals surface area (Å²) < 4.78 is 27.4. The van der Waals surface area contributed by atoms with E-state index < -0.39 is 23.2 Å². The summed E-state index contributed by atoms with van der Waals surface area (Å²) in [4.78, 5) is 14.9. The first-order valence-electron chi connectivity index (χ1n) is 7.87. The number of hydrogen-bond acceptors (Lipinski definition) is 3. The van der Waals surface area contributed by atoms with Gasteiger partial charge in [-0.1, -0.05) is 18.2 Å². The fraction of sp³-hybridized carbons (Fsp3) is 0.316. The Hall–Kier alpha value is -2.11. The molecule has 0 amide bonds. The molecule has 1 fully saturated rings. The van der Waals surface area contributed by atoms with Gasteiger partial charge in [0.05, 0.1) is 5.92 Å². The number of aliphatic hydroxyl groups is 1. The molecule has 1 heterocycles. The average molecular weight is 331 g/mol. The summed E-state index contributed by atoms with van der Waals surface area (Å²) in [6, 6.07) is 11.2. The highest BCUT2D eigenvalue weighted by atomic mass is 19.1. The van der Waals surface area contributed by atoms with E-state index in [0.717, 1.165) is 0 Å². The van der Waals surface area contributed by atoms with Gasteiger partial charge in [0.2, 0.25) is 0 Å². The maximum atomic E-state index is 14.3. The topological polar surface area (TPSA) is 40.5 Å². The highest BCUT2D eigenvalue weighted by Crippen LogP contribution is 2.40. The second kappa shape index (κ2) is 6.42. The first kappa shape index (κ1) is 16.7. The number of likely N-dealkylation sites (tertiary alicyclic amines) is 1. The predicted molar refractivity (Wildman–Crippen MR) is 86.6 cm³/mol. The number of hydrogen-bond donors (Lipinski definition) is 1. The van der Waals surface area contributed by atoms with Gasteiger partial charge in [-0.05, 0) is 43.8 Å². The third-order valence-electron chi connectivity index (χ3n) is 4.73. The molecule has 2 aromatic rings. The summed E-state index contributed by atoms with van der Waals surface area (Å²) >= 11 is 0. The SMILES string of the molecule is CN1CCC(O)(c2ccccc2F)C(C(=O)c2ccc(F)cc2)C1. The van der Waals surface area contributed by atoms with Crippen molar-refractivity contribution in [3.05, 3.63) is 71.3 Å². The Morgan fingerprint density at radius 3 is 2.50 bits per heavy atom. The molecule has 3 nitrogen and oxygen atoms in total. The summed E-state index contributed by atoms with van der Waals surface area (Å²) in [5.41, 5.74) is -1.13. The van der Waals surface area contributed by atoms with Crippen molar-refractivity contribution in [2.24, 2.45) is 5.92 Å². The van der Waals surface area contributed by atoms with Crippen LogP contribution < -0.4 is 0 Å². The van der Waals surface area contributed by atoms with Crippen LogP contribution >= 0.6 is 0 Å². The van der Waals surface area contributed by atoms with Crippen LogP contribution in [-0.4, -0.2) is 35.9 Å². The molecule has 2 aromatic carbocycles.